The Labute approximate surface area is 95.2 Å². The van der Waals surface area contributed by atoms with E-state index < -0.39 is 0 Å². The minimum atomic E-state index is 1.25. The third-order valence-corrected chi connectivity index (χ3v) is 3.70. The van der Waals surface area contributed by atoms with Crippen molar-refractivity contribution in [3.63, 3.8) is 0 Å². The van der Waals surface area contributed by atoms with Gasteiger partial charge >= 0.3 is 0 Å². The van der Waals surface area contributed by atoms with Gasteiger partial charge in [0.25, 0.3) is 0 Å². The zero-order valence-electron chi connectivity index (χ0n) is 9.03. The maximum atomic E-state index is 2.36. The van der Waals surface area contributed by atoms with Crippen molar-refractivity contribution in [2.45, 2.75) is 12.8 Å². The van der Waals surface area contributed by atoms with Crippen molar-refractivity contribution in [2.24, 2.45) is 0 Å². The highest BCUT2D eigenvalue weighted by Crippen LogP contribution is 2.51. The van der Waals surface area contributed by atoms with E-state index in [1.807, 2.05) is 0 Å². The maximum Gasteiger partial charge on any atom is -0.00237 e. The molecule has 76 valence electrons. The highest BCUT2D eigenvalue weighted by atomic mass is 14.3. The van der Waals surface area contributed by atoms with Crippen molar-refractivity contribution in [2.75, 3.05) is 0 Å². The minimum absolute atomic E-state index is 1.25. The fourth-order valence-electron chi connectivity index (χ4n) is 2.74. The van der Waals surface area contributed by atoms with E-state index in [0.717, 1.165) is 0 Å². The van der Waals surface area contributed by atoms with E-state index in [4.69, 9.17) is 0 Å². The number of fused-ring (bicyclic) bond motifs is 4. The summed E-state index contributed by atoms with van der Waals surface area (Å²) in [5.74, 6) is 0. The molecule has 2 aliphatic rings. The molecule has 0 nitrogen and oxygen atoms in total. The highest BCUT2D eigenvalue weighted by molar-refractivity contribution is 6.07. The van der Waals surface area contributed by atoms with E-state index in [1.165, 1.54) is 46.2 Å². The summed E-state index contributed by atoms with van der Waals surface area (Å²) in [7, 11) is 0. The predicted molar refractivity (Wildman–Crippen MR) is 68.1 cm³/mol. The van der Waals surface area contributed by atoms with Crippen LogP contribution in [0.1, 0.15) is 18.4 Å². The Morgan fingerprint density at radius 1 is 0.688 bits per heavy atom. The topological polar surface area (TPSA) is 0 Å². The molecule has 0 spiro atoms. The Morgan fingerprint density at radius 2 is 1.38 bits per heavy atom. The number of benzene rings is 2. The average molecular weight is 204 g/mol. The molecule has 0 bridgehead atoms. The number of hydrogen-bond donors (Lipinski definition) is 0. The molecule has 2 aromatic rings. The van der Waals surface area contributed by atoms with Crippen molar-refractivity contribution in [1.29, 1.82) is 0 Å². The lowest BCUT2D eigenvalue weighted by molar-refractivity contribution is 0.988. The molecule has 4 rings (SSSR count). The van der Waals surface area contributed by atoms with Crippen LogP contribution >= 0.6 is 0 Å². The van der Waals surface area contributed by atoms with Crippen LogP contribution in [0.2, 0.25) is 0 Å². The van der Waals surface area contributed by atoms with Gasteiger partial charge < -0.3 is 0 Å². The van der Waals surface area contributed by atoms with Crippen molar-refractivity contribution in [1.82, 2.24) is 0 Å². The third kappa shape index (κ3) is 0.898. The van der Waals surface area contributed by atoms with Crippen LogP contribution in [0.4, 0.5) is 0 Å². The molecule has 0 aliphatic heterocycles. The molecule has 2 aliphatic carbocycles. The Bertz CT molecular complexity index is 618. The standard InChI is InChI=1S/C16H12/c1-2-8-14-13(7-1)15-10-4-9-12(16(14)15)11-5-3-6-11/h1-2,4-5,7-10H,3,6H2. The van der Waals surface area contributed by atoms with Gasteiger partial charge in [-0.2, -0.15) is 0 Å². The molecule has 16 heavy (non-hydrogen) atoms. The van der Waals surface area contributed by atoms with E-state index in [2.05, 4.69) is 48.5 Å². The van der Waals surface area contributed by atoms with Crippen molar-refractivity contribution in [3.05, 3.63) is 54.1 Å². The summed E-state index contributed by atoms with van der Waals surface area (Å²) in [4.78, 5) is 0. The molecule has 0 N–H and O–H groups in total. The van der Waals surface area contributed by atoms with Crippen LogP contribution in [0.3, 0.4) is 0 Å². The summed E-state index contributed by atoms with van der Waals surface area (Å²) in [5, 5.41) is 0. The zero-order chi connectivity index (χ0) is 10.5. The van der Waals surface area contributed by atoms with Crippen LogP contribution in [0.15, 0.2) is 48.5 Å². The van der Waals surface area contributed by atoms with E-state index in [1.54, 1.807) is 0 Å². The van der Waals surface area contributed by atoms with Crippen molar-refractivity contribution in [3.8, 4) is 22.3 Å². The first-order valence-electron chi connectivity index (χ1n) is 5.87. The highest BCUT2D eigenvalue weighted by Gasteiger charge is 2.26. The van der Waals surface area contributed by atoms with Gasteiger partial charge in [-0.1, -0.05) is 48.5 Å². The lowest BCUT2D eigenvalue weighted by Crippen LogP contribution is -2.04. The van der Waals surface area contributed by atoms with Crippen LogP contribution < -0.4 is 0 Å². The van der Waals surface area contributed by atoms with Crippen LogP contribution in [-0.2, 0) is 0 Å². The van der Waals surface area contributed by atoms with Crippen LogP contribution in [0.5, 0.6) is 0 Å². The van der Waals surface area contributed by atoms with E-state index >= 15 is 0 Å². The van der Waals surface area contributed by atoms with Gasteiger partial charge in [-0.05, 0) is 46.2 Å². The molecule has 0 radical (unpaired) electrons. The summed E-state index contributed by atoms with van der Waals surface area (Å²) < 4.78 is 0. The SMILES string of the molecule is C1=C(c2cccc3c2-c2ccccc2-3)CC1. The quantitative estimate of drug-likeness (QED) is 0.547. The van der Waals surface area contributed by atoms with Gasteiger partial charge in [-0.3, -0.25) is 0 Å². The zero-order valence-corrected chi connectivity index (χ0v) is 9.03. The van der Waals surface area contributed by atoms with Crippen LogP contribution in [0, 0.1) is 0 Å². The first-order chi connectivity index (χ1) is 7.95. The molecule has 0 atom stereocenters. The largest absolute Gasteiger partial charge is 0.0804 e. The molecule has 0 aromatic heterocycles. The fourth-order valence-corrected chi connectivity index (χ4v) is 2.74. The Hall–Kier alpha value is -1.82. The van der Waals surface area contributed by atoms with Gasteiger partial charge in [-0.15, -0.1) is 0 Å². The second kappa shape index (κ2) is 2.85. The molecular weight excluding hydrogens is 192 g/mol. The van der Waals surface area contributed by atoms with Gasteiger partial charge in [0.2, 0.25) is 0 Å². The van der Waals surface area contributed by atoms with E-state index in [-0.39, 0.29) is 0 Å². The Morgan fingerprint density at radius 3 is 2.12 bits per heavy atom. The van der Waals surface area contributed by atoms with Gasteiger partial charge in [0.15, 0.2) is 0 Å². The lowest BCUT2D eigenvalue weighted by atomic mass is 9.75. The first-order valence-corrected chi connectivity index (χ1v) is 5.87. The van der Waals surface area contributed by atoms with Crippen molar-refractivity contribution < 1.29 is 0 Å². The summed E-state index contributed by atoms with van der Waals surface area (Å²) >= 11 is 0. The normalized spacial score (nSPS) is 15.4. The summed E-state index contributed by atoms with van der Waals surface area (Å²) in [5.41, 5.74) is 8.75. The van der Waals surface area contributed by atoms with Gasteiger partial charge in [0, 0.05) is 0 Å². The number of allylic oxidation sites excluding steroid dienone is 2. The summed E-state index contributed by atoms with van der Waals surface area (Å²) in [6, 6.07) is 15.4. The summed E-state index contributed by atoms with van der Waals surface area (Å²) in [6.45, 7) is 0. The van der Waals surface area contributed by atoms with Gasteiger partial charge in [0.1, 0.15) is 0 Å². The molecule has 0 fully saturated rings. The Balaban J connectivity index is 1.98. The molecule has 0 heteroatoms. The average Bonchev–Trinajstić information content (AvgIpc) is 2.23. The van der Waals surface area contributed by atoms with E-state index in [9.17, 15) is 0 Å². The molecule has 0 heterocycles. The van der Waals surface area contributed by atoms with E-state index in [0.29, 0.717) is 0 Å². The molecule has 0 saturated carbocycles. The second-order valence-corrected chi connectivity index (χ2v) is 4.54. The smallest absolute Gasteiger partial charge is 0.00237 e. The molecule has 2 aromatic carbocycles. The molecule has 0 saturated heterocycles. The molecule has 0 unspecified atom stereocenters. The van der Waals surface area contributed by atoms with Crippen LogP contribution in [0.25, 0.3) is 27.8 Å². The molecular formula is C16H12. The molecule has 0 amide bonds. The summed E-state index contributed by atoms with van der Waals surface area (Å²) in [6.07, 6.45) is 4.86. The van der Waals surface area contributed by atoms with Crippen LogP contribution in [-0.4, -0.2) is 0 Å². The minimum Gasteiger partial charge on any atom is -0.0804 e. The van der Waals surface area contributed by atoms with Gasteiger partial charge in [-0.25, -0.2) is 0 Å². The fraction of sp³-hybridized carbons (Fsp3) is 0.125. The number of hydrogen-bond acceptors (Lipinski definition) is 0. The third-order valence-electron chi connectivity index (χ3n) is 3.70. The predicted octanol–water partition coefficient (Wildman–Crippen LogP) is 4.51. The Kier molecular flexibility index (Phi) is 1.49. The number of rotatable bonds is 1. The monoisotopic (exact) mass is 204 g/mol. The lowest BCUT2D eigenvalue weighted by Gasteiger charge is -2.29. The second-order valence-electron chi connectivity index (χ2n) is 4.54. The van der Waals surface area contributed by atoms with Crippen molar-refractivity contribution >= 4 is 5.57 Å². The van der Waals surface area contributed by atoms with Gasteiger partial charge in [0.05, 0.1) is 0 Å². The maximum absolute atomic E-state index is 2.36. The first kappa shape index (κ1) is 8.35.